The number of ether oxygens (including phenoxy) is 1. The summed E-state index contributed by atoms with van der Waals surface area (Å²) >= 11 is 0. The summed E-state index contributed by atoms with van der Waals surface area (Å²) in [5, 5.41) is 12.3. The van der Waals surface area contributed by atoms with E-state index in [-0.39, 0.29) is 24.8 Å². The number of carboxylic acids is 1. The predicted molar refractivity (Wildman–Crippen MR) is 117 cm³/mol. The second-order valence-electron chi connectivity index (χ2n) is 7.90. The molecule has 2 aliphatic heterocycles. The molecule has 168 valence electrons. The zero-order valence-corrected chi connectivity index (χ0v) is 17.5. The van der Waals surface area contributed by atoms with Gasteiger partial charge in [-0.2, -0.15) is 0 Å². The molecule has 0 amide bonds. The smallest absolute Gasteiger partial charge is 0.304 e. The van der Waals surface area contributed by atoms with Crippen molar-refractivity contribution >= 4 is 12.2 Å². The minimum atomic E-state index is -2.50. The van der Waals surface area contributed by atoms with Crippen LogP contribution in [-0.4, -0.2) is 41.8 Å². The SMILES string of the molecule is O=C(O)CCN1CCC2=C(C=NC(c3ccc(OCc4cccc(C(F)F)c4)cc3)N2)C1. The molecule has 1 unspecified atom stereocenters. The van der Waals surface area contributed by atoms with Gasteiger partial charge in [-0.15, -0.1) is 0 Å². The molecule has 0 bridgehead atoms. The fourth-order valence-corrected chi connectivity index (χ4v) is 3.84. The first-order chi connectivity index (χ1) is 15.5. The fraction of sp³-hybridized carbons (Fsp3) is 0.333. The Balaban J connectivity index is 1.32. The number of benzene rings is 2. The van der Waals surface area contributed by atoms with E-state index in [1.54, 1.807) is 12.1 Å². The van der Waals surface area contributed by atoms with E-state index in [2.05, 4.69) is 15.2 Å². The minimum Gasteiger partial charge on any atom is -0.489 e. The molecule has 4 rings (SSSR count). The lowest BCUT2D eigenvalue weighted by molar-refractivity contribution is -0.137. The Bertz CT molecular complexity index is 1020. The van der Waals surface area contributed by atoms with E-state index in [0.29, 0.717) is 24.4 Å². The zero-order chi connectivity index (χ0) is 22.5. The highest BCUT2D eigenvalue weighted by molar-refractivity contribution is 5.81. The third kappa shape index (κ3) is 5.50. The van der Waals surface area contributed by atoms with Crippen LogP contribution in [0, 0.1) is 0 Å². The predicted octanol–water partition coefficient (Wildman–Crippen LogP) is 4.31. The topological polar surface area (TPSA) is 74.2 Å². The second-order valence-corrected chi connectivity index (χ2v) is 7.90. The molecule has 2 heterocycles. The molecule has 32 heavy (non-hydrogen) atoms. The number of carbonyl (C=O) groups is 1. The minimum absolute atomic E-state index is 0.0101. The summed E-state index contributed by atoms with van der Waals surface area (Å²) in [7, 11) is 0. The van der Waals surface area contributed by atoms with E-state index < -0.39 is 12.4 Å². The molecule has 0 fully saturated rings. The number of halogens is 2. The van der Waals surface area contributed by atoms with Crippen LogP contribution in [0.3, 0.4) is 0 Å². The monoisotopic (exact) mass is 441 g/mol. The van der Waals surface area contributed by atoms with Gasteiger partial charge in [0.25, 0.3) is 6.43 Å². The molecule has 0 aliphatic carbocycles. The number of nitrogens with one attached hydrogen (secondary N) is 1. The molecule has 0 saturated heterocycles. The summed E-state index contributed by atoms with van der Waals surface area (Å²) in [6, 6.07) is 13.8. The molecule has 0 spiro atoms. The maximum absolute atomic E-state index is 12.8. The van der Waals surface area contributed by atoms with Crippen molar-refractivity contribution in [2.45, 2.75) is 32.0 Å². The standard InChI is InChI=1S/C24H25F2N3O3/c25-23(26)18-3-1-2-16(12-18)15-32-20-6-4-17(5-7-20)24-27-13-19-14-29(11-9-22(30)31)10-8-21(19)28-24/h1-7,12-13,23-24,28H,8-11,14-15H2,(H,30,31). The Morgan fingerprint density at radius 1 is 1.25 bits per heavy atom. The van der Waals surface area contributed by atoms with Gasteiger partial charge < -0.3 is 15.2 Å². The van der Waals surface area contributed by atoms with Crippen molar-refractivity contribution in [3.8, 4) is 5.75 Å². The number of aliphatic imine (C=N–C) groups is 1. The van der Waals surface area contributed by atoms with Gasteiger partial charge in [0.15, 0.2) is 0 Å². The molecule has 0 saturated carbocycles. The Morgan fingerprint density at radius 3 is 2.81 bits per heavy atom. The lowest BCUT2D eigenvalue weighted by Crippen LogP contribution is -2.39. The van der Waals surface area contributed by atoms with Gasteiger partial charge in [-0.3, -0.25) is 14.7 Å². The molecule has 0 radical (unpaired) electrons. The Kier molecular flexibility index (Phi) is 6.80. The first-order valence-corrected chi connectivity index (χ1v) is 10.5. The number of nitrogens with zero attached hydrogens (tertiary/aromatic N) is 2. The number of aliphatic carboxylic acids is 1. The number of rotatable bonds is 8. The average molecular weight is 441 g/mol. The third-order valence-electron chi connectivity index (χ3n) is 5.60. The van der Waals surface area contributed by atoms with Crippen molar-refractivity contribution in [3.63, 3.8) is 0 Å². The lowest BCUT2D eigenvalue weighted by atomic mass is 10.0. The molecular formula is C24H25F2N3O3. The first-order valence-electron chi connectivity index (χ1n) is 10.5. The van der Waals surface area contributed by atoms with E-state index in [1.165, 1.54) is 12.1 Å². The van der Waals surface area contributed by atoms with Crippen LogP contribution in [0.5, 0.6) is 5.75 Å². The molecule has 8 heteroatoms. The maximum atomic E-state index is 12.8. The quantitative estimate of drug-likeness (QED) is 0.639. The Labute approximate surface area is 185 Å². The average Bonchev–Trinajstić information content (AvgIpc) is 2.81. The fourth-order valence-electron chi connectivity index (χ4n) is 3.84. The van der Waals surface area contributed by atoms with Crippen molar-refractivity contribution in [1.29, 1.82) is 0 Å². The van der Waals surface area contributed by atoms with E-state index in [9.17, 15) is 13.6 Å². The summed E-state index contributed by atoms with van der Waals surface area (Å²) in [5.41, 5.74) is 3.93. The summed E-state index contributed by atoms with van der Waals surface area (Å²) in [6.07, 6.45) is 0.170. The van der Waals surface area contributed by atoms with Crippen LogP contribution >= 0.6 is 0 Å². The highest BCUT2D eigenvalue weighted by Gasteiger charge is 2.24. The van der Waals surface area contributed by atoms with Gasteiger partial charge in [-0.05, 0) is 29.3 Å². The molecule has 1 atom stereocenters. The van der Waals surface area contributed by atoms with Crippen LogP contribution < -0.4 is 10.1 Å². The molecule has 2 aromatic rings. The van der Waals surface area contributed by atoms with Crippen LogP contribution in [0.2, 0.25) is 0 Å². The highest BCUT2D eigenvalue weighted by atomic mass is 19.3. The molecule has 2 aliphatic rings. The normalized spacial score (nSPS) is 18.4. The van der Waals surface area contributed by atoms with Gasteiger partial charge in [-0.1, -0.05) is 30.3 Å². The van der Waals surface area contributed by atoms with Crippen LogP contribution in [0.1, 0.15) is 42.1 Å². The van der Waals surface area contributed by atoms with Gasteiger partial charge in [0.1, 0.15) is 18.5 Å². The van der Waals surface area contributed by atoms with Crippen molar-refractivity contribution in [2.75, 3.05) is 19.6 Å². The number of alkyl halides is 2. The van der Waals surface area contributed by atoms with Crippen LogP contribution in [0.15, 0.2) is 64.8 Å². The molecule has 6 nitrogen and oxygen atoms in total. The van der Waals surface area contributed by atoms with Gasteiger partial charge >= 0.3 is 5.97 Å². The van der Waals surface area contributed by atoms with Crippen LogP contribution in [-0.2, 0) is 11.4 Å². The summed E-state index contributed by atoms with van der Waals surface area (Å²) in [4.78, 5) is 17.5. The zero-order valence-electron chi connectivity index (χ0n) is 17.5. The second kappa shape index (κ2) is 9.91. The maximum Gasteiger partial charge on any atom is 0.304 e. The van der Waals surface area contributed by atoms with Crippen molar-refractivity contribution in [2.24, 2.45) is 4.99 Å². The Hall–Kier alpha value is -3.26. The van der Waals surface area contributed by atoms with E-state index in [1.807, 2.05) is 30.5 Å². The lowest BCUT2D eigenvalue weighted by Gasteiger charge is -2.33. The first kappa shape index (κ1) is 22.0. The van der Waals surface area contributed by atoms with E-state index in [0.717, 1.165) is 29.8 Å². The van der Waals surface area contributed by atoms with Gasteiger partial charge in [0.05, 0.1) is 6.42 Å². The van der Waals surface area contributed by atoms with Crippen molar-refractivity contribution in [3.05, 3.63) is 76.5 Å². The number of hydrogen-bond donors (Lipinski definition) is 2. The van der Waals surface area contributed by atoms with Gasteiger partial charge in [-0.25, -0.2) is 8.78 Å². The summed E-state index contributed by atoms with van der Waals surface area (Å²) < 4.78 is 31.4. The highest BCUT2D eigenvalue weighted by Crippen LogP contribution is 2.27. The van der Waals surface area contributed by atoms with Crippen LogP contribution in [0.25, 0.3) is 0 Å². The van der Waals surface area contributed by atoms with E-state index in [4.69, 9.17) is 9.84 Å². The van der Waals surface area contributed by atoms with Gasteiger partial charge in [0, 0.05) is 49.1 Å². The van der Waals surface area contributed by atoms with Crippen LogP contribution in [0.4, 0.5) is 8.78 Å². The summed E-state index contributed by atoms with van der Waals surface area (Å²) in [5.74, 6) is -0.128. The van der Waals surface area contributed by atoms with Crippen molar-refractivity contribution in [1.82, 2.24) is 10.2 Å². The Morgan fingerprint density at radius 2 is 2.06 bits per heavy atom. The number of carboxylic acid groups (broad SMARTS) is 1. The van der Waals surface area contributed by atoms with Crippen molar-refractivity contribution < 1.29 is 23.4 Å². The molecular weight excluding hydrogens is 416 g/mol. The third-order valence-corrected chi connectivity index (χ3v) is 5.60. The molecule has 2 N–H and O–H groups in total. The number of hydrogen-bond acceptors (Lipinski definition) is 5. The largest absolute Gasteiger partial charge is 0.489 e. The summed E-state index contributed by atoms with van der Waals surface area (Å²) in [6.45, 7) is 2.27. The molecule has 2 aromatic carbocycles. The van der Waals surface area contributed by atoms with E-state index >= 15 is 0 Å². The van der Waals surface area contributed by atoms with Gasteiger partial charge in [0.2, 0.25) is 0 Å². The molecule has 0 aromatic heterocycles.